The third-order valence-corrected chi connectivity index (χ3v) is 7.08. The van der Waals surface area contributed by atoms with Crippen LogP contribution in [0, 0.1) is 5.92 Å². The number of esters is 1. The number of carbonyl (C=O) groups excluding carboxylic acids is 2. The van der Waals surface area contributed by atoms with Gasteiger partial charge >= 0.3 is 5.97 Å². The number of hydrogen-bond acceptors (Lipinski definition) is 4. The molecule has 1 spiro atoms. The molecule has 0 aromatic heterocycles. The molecule has 0 fully saturated rings. The number of hydrogen-bond donors (Lipinski definition) is 0. The van der Waals surface area contributed by atoms with Crippen LogP contribution in [0.4, 0.5) is 0 Å². The first-order chi connectivity index (χ1) is 16.2. The molecule has 2 aromatic rings. The zero-order valence-electron chi connectivity index (χ0n) is 19.1. The summed E-state index contributed by atoms with van der Waals surface area (Å²) in [5.74, 6) is 0.0763. The van der Waals surface area contributed by atoms with Crippen LogP contribution in [0.5, 0.6) is 5.75 Å². The van der Waals surface area contributed by atoms with Crippen LogP contribution in [0.2, 0.25) is 0 Å². The van der Waals surface area contributed by atoms with Gasteiger partial charge in [-0.25, -0.2) is 4.79 Å². The van der Waals surface area contributed by atoms with Gasteiger partial charge in [0.05, 0.1) is 5.56 Å². The summed E-state index contributed by atoms with van der Waals surface area (Å²) < 4.78 is 12.3. The van der Waals surface area contributed by atoms with Crippen LogP contribution < -0.4 is 4.74 Å². The third-order valence-electron chi connectivity index (χ3n) is 7.08. The predicted octanol–water partition coefficient (Wildman–Crippen LogP) is 6.64. The van der Waals surface area contributed by atoms with E-state index in [4.69, 9.17) is 9.47 Å². The second kappa shape index (κ2) is 9.01. The van der Waals surface area contributed by atoms with Gasteiger partial charge < -0.3 is 9.47 Å². The number of Topliss-reactive ketones (excluding diaryl/α,β-unsaturated/α-hetero) is 1. The van der Waals surface area contributed by atoms with E-state index in [0.717, 1.165) is 36.0 Å². The molecule has 2 heterocycles. The smallest absolute Gasteiger partial charge is 0.339 e. The number of carbonyl (C=O) groups is 2. The highest BCUT2D eigenvalue weighted by Gasteiger charge is 2.60. The Labute approximate surface area is 195 Å². The first kappa shape index (κ1) is 21.7. The first-order valence-electron chi connectivity index (χ1n) is 12.2. The van der Waals surface area contributed by atoms with Crippen molar-refractivity contribution < 1.29 is 19.1 Å². The van der Waals surface area contributed by atoms with E-state index in [1.165, 1.54) is 32.1 Å². The maximum Gasteiger partial charge on any atom is 0.339 e. The lowest BCUT2D eigenvalue weighted by Gasteiger charge is -2.43. The summed E-state index contributed by atoms with van der Waals surface area (Å²) in [4.78, 5) is 26.8. The van der Waals surface area contributed by atoms with Crippen LogP contribution in [0.3, 0.4) is 0 Å². The van der Waals surface area contributed by atoms with Crippen molar-refractivity contribution in [3.63, 3.8) is 0 Å². The van der Waals surface area contributed by atoms with E-state index in [0.29, 0.717) is 17.1 Å². The van der Waals surface area contributed by atoms with Gasteiger partial charge in [-0.15, -0.1) is 0 Å². The highest BCUT2D eigenvalue weighted by Crippen LogP contribution is 2.56. The Morgan fingerprint density at radius 3 is 2.33 bits per heavy atom. The molecule has 0 N–H and O–H groups in total. The van der Waals surface area contributed by atoms with Gasteiger partial charge in [0.1, 0.15) is 17.4 Å². The predicted molar refractivity (Wildman–Crippen MR) is 127 cm³/mol. The van der Waals surface area contributed by atoms with Gasteiger partial charge in [-0.3, -0.25) is 4.79 Å². The molecule has 0 saturated heterocycles. The fourth-order valence-electron chi connectivity index (χ4n) is 5.43. The van der Waals surface area contributed by atoms with Gasteiger partial charge in [0, 0.05) is 11.1 Å². The number of ketones is 1. The quantitative estimate of drug-likeness (QED) is 0.340. The van der Waals surface area contributed by atoms with Crippen molar-refractivity contribution in [1.29, 1.82) is 0 Å². The highest BCUT2D eigenvalue weighted by atomic mass is 16.6. The number of fused-ring (bicyclic) bond motifs is 6. The van der Waals surface area contributed by atoms with Crippen LogP contribution in [0.15, 0.2) is 72.0 Å². The minimum Gasteiger partial charge on any atom is -0.460 e. The average molecular weight is 443 g/mol. The monoisotopic (exact) mass is 442 g/mol. The van der Waals surface area contributed by atoms with E-state index in [1.807, 2.05) is 54.6 Å². The van der Waals surface area contributed by atoms with Crippen molar-refractivity contribution in [2.45, 2.75) is 63.9 Å². The molecule has 2 unspecified atom stereocenters. The summed E-state index contributed by atoms with van der Waals surface area (Å²) in [6.07, 6.45) is 12.9. The summed E-state index contributed by atoms with van der Waals surface area (Å²) in [6.45, 7) is 2.23. The summed E-state index contributed by atoms with van der Waals surface area (Å²) >= 11 is 0. The number of allylic oxidation sites excluding steroid dienone is 3. The standard InChI is InChI=1S/C29H30O4/c1-2-3-4-5-6-7-8-13-20-18-19-25-26(27(20)30)29(23-16-11-12-17-24(23)32-25)22-15-10-9-14-21(22)28(31)33-29/h9-12,14-19,26H,2-8,13H2,1H3. The Balaban J connectivity index is 1.46. The molecule has 4 heteroatoms. The van der Waals surface area contributed by atoms with Crippen molar-refractivity contribution in [3.8, 4) is 5.75 Å². The maximum absolute atomic E-state index is 13.9. The zero-order valence-corrected chi connectivity index (χ0v) is 19.1. The summed E-state index contributed by atoms with van der Waals surface area (Å²) in [5, 5.41) is 0. The Morgan fingerprint density at radius 2 is 1.52 bits per heavy atom. The molecule has 0 amide bonds. The molecule has 5 rings (SSSR count). The molecule has 1 aliphatic carbocycles. The highest BCUT2D eigenvalue weighted by molar-refractivity contribution is 6.04. The van der Waals surface area contributed by atoms with Gasteiger partial charge in [0.15, 0.2) is 11.4 Å². The van der Waals surface area contributed by atoms with Crippen LogP contribution >= 0.6 is 0 Å². The second-order valence-corrected chi connectivity index (χ2v) is 9.20. The zero-order chi connectivity index (χ0) is 22.8. The molecule has 2 aliphatic heterocycles. The van der Waals surface area contributed by atoms with E-state index in [1.54, 1.807) is 6.07 Å². The lowest BCUT2D eigenvalue weighted by Crippen LogP contribution is -2.47. The van der Waals surface area contributed by atoms with Crippen molar-refractivity contribution in [3.05, 3.63) is 88.7 Å². The van der Waals surface area contributed by atoms with Gasteiger partial charge in [-0.05, 0) is 36.6 Å². The number of ether oxygens (including phenoxy) is 2. The normalized spacial score (nSPS) is 22.6. The molecule has 0 radical (unpaired) electrons. The topological polar surface area (TPSA) is 52.6 Å². The molecule has 2 aromatic carbocycles. The molecular weight excluding hydrogens is 412 g/mol. The molecule has 2 atom stereocenters. The maximum atomic E-state index is 13.9. The average Bonchev–Trinajstić information content (AvgIpc) is 3.12. The minimum atomic E-state index is -1.19. The van der Waals surface area contributed by atoms with Crippen molar-refractivity contribution in [2.24, 2.45) is 5.92 Å². The molecule has 33 heavy (non-hydrogen) atoms. The van der Waals surface area contributed by atoms with Crippen LogP contribution in [0.1, 0.15) is 79.8 Å². The molecular formula is C29H30O4. The van der Waals surface area contributed by atoms with E-state index >= 15 is 0 Å². The molecule has 0 bridgehead atoms. The van der Waals surface area contributed by atoms with Crippen molar-refractivity contribution >= 4 is 11.8 Å². The summed E-state index contributed by atoms with van der Waals surface area (Å²) in [7, 11) is 0. The third kappa shape index (κ3) is 3.62. The number of rotatable bonds is 8. The number of unbranched alkanes of at least 4 members (excludes halogenated alkanes) is 6. The largest absolute Gasteiger partial charge is 0.460 e. The van der Waals surface area contributed by atoms with Gasteiger partial charge in [0.25, 0.3) is 0 Å². The van der Waals surface area contributed by atoms with Crippen molar-refractivity contribution in [1.82, 2.24) is 0 Å². The Kier molecular flexibility index (Phi) is 5.92. The van der Waals surface area contributed by atoms with Crippen LogP contribution in [0.25, 0.3) is 0 Å². The van der Waals surface area contributed by atoms with E-state index in [-0.39, 0.29) is 5.78 Å². The fourth-order valence-corrected chi connectivity index (χ4v) is 5.43. The summed E-state index contributed by atoms with van der Waals surface area (Å²) in [6, 6.07) is 15.0. The molecule has 170 valence electrons. The number of benzene rings is 2. The Bertz CT molecular complexity index is 1140. The molecule has 0 saturated carbocycles. The molecule has 4 nitrogen and oxygen atoms in total. The minimum absolute atomic E-state index is 0.00232. The van der Waals surface area contributed by atoms with Crippen LogP contribution in [-0.4, -0.2) is 11.8 Å². The van der Waals surface area contributed by atoms with E-state index in [9.17, 15) is 9.59 Å². The van der Waals surface area contributed by atoms with Gasteiger partial charge in [-0.1, -0.05) is 87.9 Å². The van der Waals surface area contributed by atoms with Gasteiger partial charge in [-0.2, -0.15) is 0 Å². The number of para-hydroxylation sites is 1. The first-order valence-corrected chi connectivity index (χ1v) is 12.2. The Hall–Kier alpha value is -3.14. The lowest BCUT2D eigenvalue weighted by molar-refractivity contribution is -0.127. The molecule has 3 aliphatic rings. The van der Waals surface area contributed by atoms with Crippen LogP contribution in [-0.2, 0) is 15.1 Å². The van der Waals surface area contributed by atoms with E-state index in [2.05, 4.69) is 6.92 Å². The second-order valence-electron chi connectivity index (χ2n) is 9.20. The summed E-state index contributed by atoms with van der Waals surface area (Å²) in [5.41, 5.74) is 1.60. The van der Waals surface area contributed by atoms with Gasteiger partial charge in [0.2, 0.25) is 0 Å². The van der Waals surface area contributed by atoms with Crippen molar-refractivity contribution in [2.75, 3.05) is 0 Å². The Morgan fingerprint density at radius 1 is 0.818 bits per heavy atom. The van der Waals surface area contributed by atoms with E-state index < -0.39 is 17.5 Å². The lowest BCUT2D eigenvalue weighted by atomic mass is 9.68. The fraction of sp³-hybridized carbons (Fsp3) is 0.379. The SMILES string of the molecule is CCCCCCCCCC1=CC=C2Oc3ccccc3C3(OC(=O)c4ccccc43)C2C1=O.